The zero-order valence-electron chi connectivity index (χ0n) is 14.4. The molecule has 0 saturated heterocycles. The molecule has 1 aliphatic rings. The van der Waals surface area contributed by atoms with Crippen LogP contribution in [0.5, 0.6) is 0 Å². The molecule has 0 atom stereocenters. The molecule has 0 spiro atoms. The van der Waals surface area contributed by atoms with Gasteiger partial charge in [0, 0.05) is 30.9 Å². The lowest BCUT2D eigenvalue weighted by Gasteiger charge is -2.16. The third-order valence-corrected chi connectivity index (χ3v) is 4.53. The minimum atomic E-state index is -0.0147. The Morgan fingerprint density at radius 2 is 2.12 bits per heavy atom. The van der Waals surface area contributed by atoms with Gasteiger partial charge < -0.3 is 0 Å². The number of fused-ring (bicyclic) bond motifs is 1. The molecule has 2 aromatic heterocycles. The predicted octanol–water partition coefficient (Wildman–Crippen LogP) is 3.55. The summed E-state index contributed by atoms with van der Waals surface area (Å²) in [4.78, 5) is 18.2. The van der Waals surface area contributed by atoms with Gasteiger partial charge in [-0.3, -0.25) is 14.0 Å². The molecule has 25 heavy (non-hydrogen) atoms. The van der Waals surface area contributed by atoms with E-state index in [4.69, 9.17) is 4.98 Å². The van der Waals surface area contributed by atoms with Crippen molar-refractivity contribution >= 4 is 16.6 Å². The Kier molecular flexibility index (Phi) is 3.84. The van der Waals surface area contributed by atoms with Gasteiger partial charge in [0.15, 0.2) is 0 Å². The van der Waals surface area contributed by atoms with Crippen LogP contribution >= 0.6 is 0 Å². The molecule has 0 aliphatic heterocycles. The molecule has 0 fully saturated rings. The van der Waals surface area contributed by atoms with Gasteiger partial charge in [0.2, 0.25) is 0 Å². The van der Waals surface area contributed by atoms with E-state index in [-0.39, 0.29) is 5.56 Å². The highest BCUT2D eigenvalue weighted by molar-refractivity contribution is 5.94. The number of benzene rings is 1. The smallest absolute Gasteiger partial charge is 0.266 e. The second kappa shape index (κ2) is 6.16. The van der Waals surface area contributed by atoms with Gasteiger partial charge in [-0.2, -0.15) is 5.10 Å². The van der Waals surface area contributed by atoms with Crippen LogP contribution in [0.25, 0.3) is 27.7 Å². The van der Waals surface area contributed by atoms with Crippen LogP contribution in [0.2, 0.25) is 0 Å². The number of hydrogen-bond acceptors (Lipinski definition) is 3. The van der Waals surface area contributed by atoms with E-state index in [2.05, 4.69) is 17.3 Å². The van der Waals surface area contributed by atoms with Gasteiger partial charge in [0.25, 0.3) is 5.56 Å². The molecule has 0 bridgehead atoms. The van der Waals surface area contributed by atoms with Crippen LogP contribution in [0.15, 0.2) is 53.6 Å². The van der Waals surface area contributed by atoms with E-state index >= 15 is 0 Å². The maximum Gasteiger partial charge on any atom is 0.266 e. The van der Waals surface area contributed by atoms with Crippen LogP contribution in [0.1, 0.15) is 25.6 Å². The summed E-state index contributed by atoms with van der Waals surface area (Å²) in [6.45, 7) is 2.03. The SMILES string of the molecule is CCc1nc2cccc(-c3cnn(C)c3)c2c(=O)n1C1=CCCC=C1. The summed E-state index contributed by atoms with van der Waals surface area (Å²) in [6, 6.07) is 5.81. The lowest BCUT2D eigenvalue weighted by Crippen LogP contribution is -2.25. The highest BCUT2D eigenvalue weighted by Crippen LogP contribution is 2.26. The van der Waals surface area contributed by atoms with Gasteiger partial charge in [0.1, 0.15) is 5.82 Å². The molecule has 5 nitrogen and oxygen atoms in total. The predicted molar refractivity (Wildman–Crippen MR) is 100 cm³/mol. The van der Waals surface area contributed by atoms with Crippen molar-refractivity contribution in [2.24, 2.45) is 7.05 Å². The molecule has 4 rings (SSSR count). The number of allylic oxidation sites excluding steroid dienone is 4. The number of rotatable bonds is 3. The van der Waals surface area contributed by atoms with Gasteiger partial charge in [-0.25, -0.2) is 4.98 Å². The maximum atomic E-state index is 13.4. The number of nitrogens with zero attached hydrogens (tertiary/aromatic N) is 4. The van der Waals surface area contributed by atoms with Crippen molar-refractivity contribution in [2.45, 2.75) is 26.2 Å². The van der Waals surface area contributed by atoms with Crippen molar-refractivity contribution in [1.29, 1.82) is 0 Å². The fourth-order valence-corrected chi connectivity index (χ4v) is 3.35. The minimum Gasteiger partial charge on any atom is -0.275 e. The molecular formula is C20H20N4O. The van der Waals surface area contributed by atoms with E-state index < -0.39 is 0 Å². The van der Waals surface area contributed by atoms with Crippen molar-refractivity contribution in [2.75, 3.05) is 0 Å². The van der Waals surface area contributed by atoms with Crippen molar-refractivity contribution in [3.63, 3.8) is 0 Å². The monoisotopic (exact) mass is 332 g/mol. The van der Waals surface area contributed by atoms with Crippen LogP contribution in [-0.2, 0) is 13.5 Å². The van der Waals surface area contributed by atoms with Crippen molar-refractivity contribution in [3.8, 4) is 11.1 Å². The molecule has 0 radical (unpaired) electrons. The van der Waals surface area contributed by atoms with Crippen LogP contribution in [-0.4, -0.2) is 19.3 Å². The van der Waals surface area contributed by atoms with E-state index in [1.54, 1.807) is 15.4 Å². The van der Waals surface area contributed by atoms with Crippen molar-refractivity contribution < 1.29 is 0 Å². The zero-order chi connectivity index (χ0) is 17.4. The summed E-state index contributed by atoms with van der Waals surface area (Å²) in [5.74, 6) is 0.790. The fraction of sp³-hybridized carbons (Fsp3) is 0.250. The second-order valence-corrected chi connectivity index (χ2v) is 6.23. The van der Waals surface area contributed by atoms with E-state index in [1.165, 1.54) is 0 Å². The molecule has 126 valence electrons. The average molecular weight is 332 g/mol. The second-order valence-electron chi connectivity index (χ2n) is 6.23. The fourth-order valence-electron chi connectivity index (χ4n) is 3.35. The number of aryl methyl sites for hydroxylation is 2. The topological polar surface area (TPSA) is 52.7 Å². The first-order chi connectivity index (χ1) is 12.2. The summed E-state index contributed by atoms with van der Waals surface area (Å²) < 4.78 is 3.50. The van der Waals surface area contributed by atoms with Gasteiger partial charge in [-0.15, -0.1) is 0 Å². The molecule has 0 unspecified atom stereocenters. The first-order valence-electron chi connectivity index (χ1n) is 8.59. The van der Waals surface area contributed by atoms with Crippen LogP contribution in [0.4, 0.5) is 0 Å². The standard InChI is InChI=1S/C20H20N4O/c1-3-18-22-17-11-7-10-16(14-12-21-23(2)13-14)19(17)20(25)24(18)15-8-5-4-6-9-15/h5,7-13H,3-4,6H2,1-2H3. The van der Waals surface area contributed by atoms with Crippen LogP contribution in [0, 0.1) is 0 Å². The van der Waals surface area contributed by atoms with E-state index in [0.29, 0.717) is 11.8 Å². The van der Waals surface area contributed by atoms with E-state index in [0.717, 1.165) is 41.0 Å². The highest BCUT2D eigenvalue weighted by atomic mass is 16.1. The Hall–Kier alpha value is -2.95. The third-order valence-electron chi connectivity index (χ3n) is 4.53. The summed E-state index contributed by atoms with van der Waals surface area (Å²) in [7, 11) is 1.87. The molecule has 1 aromatic carbocycles. The summed E-state index contributed by atoms with van der Waals surface area (Å²) in [6.07, 6.45) is 12.6. The summed E-state index contributed by atoms with van der Waals surface area (Å²) in [5, 5.41) is 4.89. The quantitative estimate of drug-likeness (QED) is 0.737. The van der Waals surface area contributed by atoms with Crippen LogP contribution in [0.3, 0.4) is 0 Å². The summed E-state index contributed by atoms with van der Waals surface area (Å²) >= 11 is 0. The molecule has 2 heterocycles. The van der Waals surface area contributed by atoms with Crippen molar-refractivity contribution in [1.82, 2.24) is 19.3 Å². The molecule has 5 heteroatoms. The number of aromatic nitrogens is 4. The molecular weight excluding hydrogens is 312 g/mol. The van der Waals surface area contributed by atoms with Gasteiger partial charge in [-0.1, -0.05) is 31.2 Å². The maximum absolute atomic E-state index is 13.4. The van der Waals surface area contributed by atoms with Gasteiger partial charge >= 0.3 is 0 Å². The Morgan fingerprint density at radius 3 is 2.80 bits per heavy atom. The Balaban J connectivity index is 2.06. The first-order valence-corrected chi connectivity index (χ1v) is 8.59. The Morgan fingerprint density at radius 1 is 1.24 bits per heavy atom. The van der Waals surface area contributed by atoms with E-state index in [1.807, 2.05) is 44.4 Å². The van der Waals surface area contributed by atoms with Gasteiger partial charge in [0.05, 0.1) is 17.1 Å². The molecule has 0 saturated carbocycles. The zero-order valence-corrected chi connectivity index (χ0v) is 14.4. The molecule has 0 N–H and O–H groups in total. The number of hydrogen-bond donors (Lipinski definition) is 0. The first kappa shape index (κ1) is 15.6. The lowest BCUT2D eigenvalue weighted by atomic mass is 10.0. The molecule has 1 aliphatic carbocycles. The average Bonchev–Trinajstić information content (AvgIpc) is 3.08. The van der Waals surface area contributed by atoms with Gasteiger partial charge in [-0.05, 0) is 30.5 Å². The minimum absolute atomic E-state index is 0.0147. The van der Waals surface area contributed by atoms with E-state index in [9.17, 15) is 4.79 Å². The Labute approximate surface area is 145 Å². The lowest BCUT2D eigenvalue weighted by molar-refractivity contribution is 0.768. The Bertz CT molecular complexity index is 1070. The highest BCUT2D eigenvalue weighted by Gasteiger charge is 2.16. The van der Waals surface area contributed by atoms with Crippen LogP contribution < -0.4 is 5.56 Å². The summed E-state index contributed by atoms with van der Waals surface area (Å²) in [5.41, 5.74) is 3.44. The third kappa shape index (κ3) is 2.61. The normalized spacial score (nSPS) is 14.1. The molecule has 0 amide bonds. The van der Waals surface area contributed by atoms with Crippen molar-refractivity contribution in [3.05, 3.63) is 65.0 Å². The molecule has 3 aromatic rings. The largest absolute Gasteiger partial charge is 0.275 e.